The van der Waals surface area contributed by atoms with Crippen molar-refractivity contribution in [3.63, 3.8) is 0 Å². The number of anilines is 2. The monoisotopic (exact) mass is 382 g/mol. The summed E-state index contributed by atoms with van der Waals surface area (Å²) < 4.78 is 49.0. The summed E-state index contributed by atoms with van der Waals surface area (Å²) in [6, 6.07) is 11.2. The van der Waals surface area contributed by atoms with Gasteiger partial charge in [0.1, 0.15) is 6.61 Å². The molecule has 0 unspecified atom stereocenters. The van der Waals surface area contributed by atoms with E-state index in [1.54, 1.807) is 31.3 Å². The lowest BCUT2D eigenvalue weighted by Crippen LogP contribution is -2.17. The summed E-state index contributed by atoms with van der Waals surface area (Å²) >= 11 is 0. The number of halogens is 3. The van der Waals surface area contributed by atoms with Crippen molar-refractivity contribution in [2.75, 3.05) is 38.7 Å². The van der Waals surface area contributed by atoms with Crippen LogP contribution in [0, 0.1) is 0 Å². The van der Waals surface area contributed by atoms with Gasteiger partial charge < -0.3 is 20.1 Å². The van der Waals surface area contributed by atoms with Gasteiger partial charge >= 0.3 is 12.1 Å². The normalized spacial score (nSPS) is 11.3. The van der Waals surface area contributed by atoms with Crippen molar-refractivity contribution in [1.82, 2.24) is 5.32 Å². The van der Waals surface area contributed by atoms with Crippen LogP contribution in [-0.2, 0) is 15.7 Å². The molecule has 0 amide bonds. The second-order valence-electron chi connectivity index (χ2n) is 5.60. The van der Waals surface area contributed by atoms with Crippen LogP contribution in [0.25, 0.3) is 0 Å². The summed E-state index contributed by atoms with van der Waals surface area (Å²) in [5.41, 5.74) is 0.0369. The maximum Gasteiger partial charge on any atom is 0.416 e. The molecule has 146 valence electrons. The molecule has 27 heavy (non-hydrogen) atoms. The first-order valence-corrected chi connectivity index (χ1v) is 8.34. The standard InChI is InChI=1S/C19H21F3N2O3/c1-23-9-10-26-11-12-27-18(25)16-7-2-3-8-17(16)24-15-6-4-5-14(13-15)19(20,21)22/h2-8,13,23-24H,9-12H2,1H3. The third-order valence-electron chi connectivity index (χ3n) is 3.57. The molecule has 0 aliphatic rings. The zero-order valence-corrected chi connectivity index (χ0v) is 14.8. The van der Waals surface area contributed by atoms with E-state index in [0.29, 0.717) is 18.8 Å². The number of hydrogen-bond donors (Lipinski definition) is 2. The van der Waals surface area contributed by atoms with Gasteiger partial charge in [-0.25, -0.2) is 4.79 Å². The summed E-state index contributed by atoms with van der Waals surface area (Å²) in [5, 5.41) is 5.77. The van der Waals surface area contributed by atoms with Crippen molar-refractivity contribution >= 4 is 17.3 Å². The van der Waals surface area contributed by atoms with Crippen LogP contribution in [0.5, 0.6) is 0 Å². The number of alkyl halides is 3. The molecule has 0 atom stereocenters. The SMILES string of the molecule is CNCCOCCOC(=O)c1ccccc1Nc1cccc(C(F)(F)F)c1. The van der Waals surface area contributed by atoms with E-state index < -0.39 is 17.7 Å². The third-order valence-corrected chi connectivity index (χ3v) is 3.57. The van der Waals surface area contributed by atoms with Gasteiger partial charge in [-0.05, 0) is 37.4 Å². The fourth-order valence-corrected chi connectivity index (χ4v) is 2.25. The summed E-state index contributed by atoms with van der Waals surface area (Å²) in [7, 11) is 1.80. The van der Waals surface area contributed by atoms with Crippen LogP contribution in [0.1, 0.15) is 15.9 Å². The number of ether oxygens (including phenoxy) is 2. The van der Waals surface area contributed by atoms with Gasteiger partial charge in [-0.2, -0.15) is 13.2 Å². The summed E-state index contributed by atoms with van der Waals surface area (Å²) in [5.74, 6) is -0.581. The lowest BCUT2D eigenvalue weighted by molar-refractivity contribution is -0.137. The zero-order chi connectivity index (χ0) is 19.7. The predicted octanol–water partition coefficient (Wildman–Crippen LogP) is 3.84. The molecule has 0 radical (unpaired) electrons. The molecule has 0 bridgehead atoms. The quantitative estimate of drug-likeness (QED) is 0.510. The Bertz CT molecular complexity index is 751. The number of carbonyl (C=O) groups is 1. The molecule has 0 saturated carbocycles. The molecule has 2 aromatic rings. The summed E-state index contributed by atoms with van der Waals surface area (Å²) in [6.07, 6.45) is -4.44. The number of benzene rings is 2. The maximum absolute atomic E-state index is 12.8. The van der Waals surface area contributed by atoms with Crippen LogP contribution in [0.2, 0.25) is 0 Å². The molecule has 5 nitrogen and oxygen atoms in total. The zero-order valence-electron chi connectivity index (χ0n) is 14.8. The van der Waals surface area contributed by atoms with Crippen molar-refractivity contribution in [2.45, 2.75) is 6.18 Å². The van der Waals surface area contributed by atoms with Gasteiger partial charge in [0.25, 0.3) is 0 Å². The van der Waals surface area contributed by atoms with Gasteiger partial charge in [0, 0.05) is 12.2 Å². The fourth-order valence-electron chi connectivity index (χ4n) is 2.25. The van der Waals surface area contributed by atoms with E-state index in [-0.39, 0.29) is 24.5 Å². The van der Waals surface area contributed by atoms with E-state index in [0.717, 1.165) is 12.1 Å². The van der Waals surface area contributed by atoms with E-state index in [1.807, 2.05) is 0 Å². The largest absolute Gasteiger partial charge is 0.460 e. The van der Waals surface area contributed by atoms with Crippen molar-refractivity contribution in [1.29, 1.82) is 0 Å². The highest BCUT2D eigenvalue weighted by Crippen LogP contribution is 2.31. The molecular formula is C19H21F3N2O3. The third kappa shape index (κ3) is 6.58. The molecule has 0 saturated heterocycles. The van der Waals surface area contributed by atoms with Crippen LogP contribution < -0.4 is 10.6 Å². The molecule has 0 aliphatic heterocycles. The van der Waals surface area contributed by atoms with Crippen LogP contribution in [0.3, 0.4) is 0 Å². The second-order valence-corrected chi connectivity index (χ2v) is 5.60. The van der Waals surface area contributed by atoms with Crippen LogP contribution in [-0.4, -0.2) is 39.4 Å². The topological polar surface area (TPSA) is 59.6 Å². The van der Waals surface area contributed by atoms with Gasteiger partial charge in [0.05, 0.1) is 30.0 Å². The van der Waals surface area contributed by atoms with Crippen molar-refractivity contribution in [3.8, 4) is 0 Å². The molecule has 0 aliphatic carbocycles. The molecule has 0 spiro atoms. The van der Waals surface area contributed by atoms with Crippen molar-refractivity contribution in [3.05, 3.63) is 59.7 Å². The first-order chi connectivity index (χ1) is 12.9. The minimum absolute atomic E-state index is 0.0838. The Morgan fingerprint density at radius 3 is 2.56 bits per heavy atom. The Labute approximate surface area is 155 Å². The van der Waals surface area contributed by atoms with Gasteiger partial charge in [-0.3, -0.25) is 0 Å². The number of nitrogens with one attached hydrogen (secondary N) is 2. The molecule has 8 heteroatoms. The van der Waals surface area contributed by atoms with Crippen LogP contribution >= 0.6 is 0 Å². The Hall–Kier alpha value is -2.58. The minimum Gasteiger partial charge on any atom is -0.460 e. The van der Waals surface area contributed by atoms with Gasteiger partial charge in [0.15, 0.2) is 0 Å². The number of hydrogen-bond acceptors (Lipinski definition) is 5. The lowest BCUT2D eigenvalue weighted by atomic mass is 10.1. The number of carbonyl (C=O) groups excluding carboxylic acids is 1. The Balaban J connectivity index is 2.02. The highest BCUT2D eigenvalue weighted by molar-refractivity contribution is 5.96. The summed E-state index contributed by atoms with van der Waals surface area (Å²) in [6.45, 7) is 1.54. The van der Waals surface area contributed by atoms with Crippen molar-refractivity contribution in [2.24, 2.45) is 0 Å². The van der Waals surface area contributed by atoms with Gasteiger partial charge in [-0.15, -0.1) is 0 Å². The Morgan fingerprint density at radius 2 is 1.81 bits per heavy atom. The van der Waals surface area contributed by atoms with E-state index >= 15 is 0 Å². The molecule has 2 rings (SSSR count). The Kier molecular flexibility index (Phi) is 7.63. The lowest BCUT2D eigenvalue weighted by Gasteiger charge is -2.13. The highest BCUT2D eigenvalue weighted by Gasteiger charge is 2.30. The highest BCUT2D eigenvalue weighted by atomic mass is 19.4. The average Bonchev–Trinajstić information content (AvgIpc) is 2.64. The number of para-hydroxylation sites is 1. The smallest absolute Gasteiger partial charge is 0.416 e. The van der Waals surface area contributed by atoms with E-state index in [9.17, 15) is 18.0 Å². The van der Waals surface area contributed by atoms with E-state index in [2.05, 4.69) is 10.6 Å². The fraction of sp³-hybridized carbons (Fsp3) is 0.316. The van der Waals surface area contributed by atoms with Gasteiger partial charge in [0.2, 0.25) is 0 Å². The average molecular weight is 382 g/mol. The molecule has 2 aromatic carbocycles. The molecule has 2 N–H and O–H groups in total. The molecular weight excluding hydrogens is 361 g/mol. The van der Waals surface area contributed by atoms with Crippen molar-refractivity contribution < 1.29 is 27.4 Å². The Morgan fingerprint density at radius 1 is 1.04 bits per heavy atom. The first-order valence-electron chi connectivity index (χ1n) is 8.34. The van der Waals surface area contributed by atoms with E-state index in [4.69, 9.17) is 9.47 Å². The number of rotatable bonds is 9. The summed E-state index contributed by atoms with van der Waals surface area (Å²) in [4.78, 5) is 12.3. The maximum atomic E-state index is 12.8. The molecule has 0 heterocycles. The van der Waals surface area contributed by atoms with Gasteiger partial charge in [-0.1, -0.05) is 18.2 Å². The predicted molar refractivity (Wildman–Crippen MR) is 96.2 cm³/mol. The van der Waals surface area contributed by atoms with Crippen LogP contribution in [0.4, 0.5) is 24.5 Å². The minimum atomic E-state index is -4.44. The second kappa shape index (κ2) is 9.94. The van der Waals surface area contributed by atoms with Crippen LogP contribution in [0.15, 0.2) is 48.5 Å². The van der Waals surface area contributed by atoms with E-state index in [1.165, 1.54) is 12.1 Å². The number of esters is 1. The molecule has 0 aromatic heterocycles. The molecule has 0 fully saturated rings. The number of likely N-dealkylation sites (N-methyl/N-ethyl adjacent to an activating group) is 1. The first kappa shape index (κ1) is 20.7.